The quantitative estimate of drug-likeness (QED) is 0.806. The van der Waals surface area contributed by atoms with Crippen molar-refractivity contribution in [3.8, 4) is 5.75 Å². The number of ether oxygens (including phenoxy) is 1. The van der Waals surface area contributed by atoms with Crippen molar-refractivity contribution < 1.29 is 19.4 Å². The van der Waals surface area contributed by atoms with E-state index in [1.54, 1.807) is 60.8 Å². The molecule has 2 aromatic rings. The van der Waals surface area contributed by atoms with Crippen LogP contribution in [0.4, 0.5) is 0 Å². The molecule has 1 aromatic carbocycles. The van der Waals surface area contributed by atoms with Gasteiger partial charge in [0.05, 0.1) is 7.11 Å². The average Bonchev–Trinajstić information content (AvgIpc) is 3.26. The highest BCUT2D eigenvalue weighted by Gasteiger charge is 2.34. The van der Waals surface area contributed by atoms with Gasteiger partial charge in [-0.3, -0.25) is 14.6 Å². The predicted octanol–water partition coefficient (Wildman–Crippen LogP) is 1.54. The summed E-state index contributed by atoms with van der Waals surface area (Å²) in [6.45, 7) is 1.27. The van der Waals surface area contributed by atoms with Crippen molar-refractivity contribution in [3.05, 3.63) is 59.9 Å². The zero-order valence-electron chi connectivity index (χ0n) is 15.2. The Morgan fingerprint density at radius 2 is 1.74 bits per heavy atom. The third-order valence-electron chi connectivity index (χ3n) is 4.69. The van der Waals surface area contributed by atoms with E-state index < -0.39 is 18.1 Å². The first-order valence-corrected chi connectivity index (χ1v) is 8.92. The number of carbonyl (C=O) groups excluding carboxylic acids is 2. The highest BCUT2D eigenvalue weighted by Crippen LogP contribution is 2.21. The van der Waals surface area contributed by atoms with Gasteiger partial charge >= 0.3 is 0 Å². The Balaban J connectivity index is 1.81. The van der Waals surface area contributed by atoms with Gasteiger partial charge in [0.25, 0.3) is 5.91 Å². The molecule has 1 aliphatic heterocycles. The second-order valence-electron chi connectivity index (χ2n) is 6.44. The van der Waals surface area contributed by atoms with E-state index in [1.165, 1.54) is 0 Å². The highest BCUT2D eigenvalue weighted by atomic mass is 16.5. The summed E-state index contributed by atoms with van der Waals surface area (Å²) in [6.07, 6.45) is 3.78. The molecule has 142 valence electrons. The largest absolute Gasteiger partial charge is 0.497 e. The van der Waals surface area contributed by atoms with Gasteiger partial charge in [-0.15, -0.1) is 0 Å². The van der Waals surface area contributed by atoms with Gasteiger partial charge < -0.3 is 20.1 Å². The van der Waals surface area contributed by atoms with Crippen molar-refractivity contribution >= 4 is 11.8 Å². The topological polar surface area (TPSA) is 91.8 Å². The molecular weight excluding hydrogens is 346 g/mol. The van der Waals surface area contributed by atoms with Gasteiger partial charge in [-0.25, -0.2) is 0 Å². The molecule has 1 aromatic heterocycles. The average molecular weight is 369 g/mol. The molecule has 7 nitrogen and oxygen atoms in total. The standard InChI is InChI=1S/C20H23N3O4/c1-27-16-6-4-15(5-7-16)19(25)22-17(20(26)23-12-2-3-13-23)18(24)14-8-10-21-11-9-14/h4-11,17-18,24H,2-3,12-13H2,1H3,(H,22,25)/t17?,18-/m0/s1. The molecule has 7 heteroatoms. The van der Waals surface area contributed by atoms with E-state index in [1.807, 2.05) is 0 Å². The third-order valence-corrected chi connectivity index (χ3v) is 4.69. The number of carbonyl (C=O) groups is 2. The molecule has 1 aliphatic rings. The number of aliphatic hydroxyl groups is 1. The number of hydrogen-bond donors (Lipinski definition) is 2. The first-order chi connectivity index (χ1) is 13.1. The third kappa shape index (κ3) is 4.43. The molecular formula is C20H23N3O4. The number of amides is 2. The van der Waals surface area contributed by atoms with E-state index in [0.29, 0.717) is 30.0 Å². The van der Waals surface area contributed by atoms with Crippen molar-refractivity contribution in [3.63, 3.8) is 0 Å². The van der Waals surface area contributed by atoms with Crippen LogP contribution in [0.25, 0.3) is 0 Å². The lowest BCUT2D eigenvalue weighted by Crippen LogP contribution is -2.51. The first kappa shape index (κ1) is 18.8. The normalized spacial score (nSPS) is 15.9. The molecule has 0 aliphatic carbocycles. The van der Waals surface area contributed by atoms with Crippen LogP contribution in [-0.4, -0.2) is 53.0 Å². The maximum absolute atomic E-state index is 12.9. The molecule has 2 atom stereocenters. The number of methoxy groups -OCH3 is 1. The minimum Gasteiger partial charge on any atom is -0.497 e. The minimum absolute atomic E-state index is 0.279. The number of pyridine rings is 1. The van der Waals surface area contributed by atoms with Crippen molar-refractivity contribution in [1.29, 1.82) is 0 Å². The minimum atomic E-state index is -1.16. The summed E-state index contributed by atoms with van der Waals surface area (Å²) >= 11 is 0. The van der Waals surface area contributed by atoms with Gasteiger partial charge in [0.1, 0.15) is 17.9 Å². The number of benzene rings is 1. The Hall–Kier alpha value is -2.93. The number of hydrogen-bond acceptors (Lipinski definition) is 5. The number of nitrogens with zero attached hydrogens (tertiary/aromatic N) is 2. The molecule has 1 fully saturated rings. The molecule has 27 heavy (non-hydrogen) atoms. The zero-order chi connectivity index (χ0) is 19.2. The Labute approximate surface area is 158 Å². The van der Waals surface area contributed by atoms with Crippen molar-refractivity contribution in [2.45, 2.75) is 25.0 Å². The smallest absolute Gasteiger partial charge is 0.252 e. The van der Waals surface area contributed by atoms with Gasteiger partial charge in [0.2, 0.25) is 5.91 Å². The predicted molar refractivity (Wildman–Crippen MR) is 99.3 cm³/mol. The zero-order valence-corrected chi connectivity index (χ0v) is 15.2. The van der Waals surface area contributed by atoms with E-state index in [4.69, 9.17) is 4.74 Å². The maximum atomic E-state index is 12.9. The molecule has 0 bridgehead atoms. The van der Waals surface area contributed by atoms with E-state index in [2.05, 4.69) is 10.3 Å². The van der Waals surface area contributed by atoms with Gasteiger partial charge in [0, 0.05) is 31.0 Å². The summed E-state index contributed by atoms with van der Waals surface area (Å²) in [5, 5.41) is 13.5. The fourth-order valence-electron chi connectivity index (χ4n) is 3.13. The van der Waals surface area contributed by atoms with Crippen LogP contribution < -0.4 is 10.1 Å². The molecule has 0 radical (unpaired) electrons. The molecule has 2 amide bonds. The van der Waals surface area contributed by atoms with Crippen LogP contribution in [0.2, 0.25) is 0 Å². The molecule has 2 N–H and O–H groups in total. The summed E-state index contributed by atoms with van der Waals surface area (Å²) in [7, 11) is 1.55. The fourth-order valence-corrected chi connectivity index (χ4v) is 3.13. The van der Waals surface area contributed by atoms with E-state index in [9.17, 15) is 14.7 Å². The molecule has 1 saturated heterocycles. The number of rotatable bonds is 6. The number of nitrogens with one attached hydrogen (secondary N) is 1. The molecule has 0 spiro atoms. The first-order valence-electron chi connectivity index (χ1n) is 8.92. The summed E-state index contributed by atoms with van der Waals surface area (Å²) in [4.78, 5) is 31.2. The molecule has 1 unspecified atom stereocenters. The Kier molecular flexibility index (Phi) is 6.03. The van der Waals surface area contributed by atoms with Crippen molar-refractivity contribution in [1.82, 2.24) is 15.2 Å². The molecule has 3 rings (SSSR count). The van der Waals surface area contributed by atoms with E-state index >= 15 is 0 Å². The monoisotopic (exact) mass is 369 g/mol. The van der Waals surface area contributed by atoms with Crippen LogP contribution in [0.15, 0.2) is 48.8 Å². The lowest BCUT2D eigenvalue weighted by Gasteiger charge is -2.28. The second-order valence-corrected chi connectivity index (χ2v) is 6.44. The lowest BCUT2D eigenvalue weighted by molar-refractivity contribution is -0.135. The Morgan fingerprint density at radius 3 is 2.33 bits per heavy atom. The van der Waals surface area contributed by atoms with Gasteiger partial charge in [-0.05, 0) is 54.8 Å². The Morgan fingerprint density at radius 1 is 1.11 bits per heavy atom. The van der Waals surface area contributed by atoms with E-state index in [0.717, 1.165) is 12.8 Å². The second kappa shape index (κ2) is 8.64. The van der Waals surface area contributed by atoms with Crippen LogP contribution >= 0.6 is 0 Å². The summed E-state index contributed by atoms with van der Waals surface area (Å²) in [6, 6.07) is 8.77. The van der Waals surface area contributed by atoms with E-state index in [-0.39, 0.29) is 5.91 Å². The summed E-state index contributed by atoms with van der Waals surface area (Å²) < 4.78 is 5.09. The van der Waals surface area contributed by atoms with Crippen molar-refractivity contribution in [2.75, 3.05) is 20.2 Å². The maximum Gasteiger partial charge on any atom is 0.252 e. The van der Waals surface area contributed by atoms with Gasteiger partial charge in [0.15, 0.2) is 0 Å². The van der Waals surface area contributed by atoms with Crippen LogP contribution in [-0.2, 0) is 4.79 Å². The Bertz CT molecular complexity index is 774. The number of aliphatic hydroxyl groups excluding tert-OH is 1. The lowest BCUT2D eigenvalue weighted by atomic mass is 10.0. The van der Waals surface area contributed by atoms with Crippen LogP contribution in [0, 0.1) is 0 Å². The number of likely N-dealkylation sites (tertiary alicyclic amines) is 1. The van der Waals surface area contributed by atoms with Crippen molar-refractivity contribution in [2.24, 2.45) is 0 Å². The van der Waals surface area contributed by atoms with Crippen LogP contribution in [0.3, 0.4) is 0 Å². The van der Waals surface area contributed by atoms with Gasteiger partial charge in [-0.2, -0.15) is 0 Å². The number of aromatic nitrogens is 1. The van der Waals surface area contributed by atoms with Crippen LogP contribution in [0.1, 0.15) is 34.9 Å². The molecule has 0 saturated carbocycles. The van der Waals surface area contributed by atoms with Crippen LogP contribution in [0.5, 0.6) is 5.75 Å². The SMILES string of the molecule is COc1ccc(C(=O)NC(C(=O)N2CCCC2)[C@@H](O)c2ccncc2)cc1. The summed E-state index contributed by atoms with van der Waals surface area (Å²) in [5.41, 5.74) is 0.912. The fraction of sp³-hybridized carbons (Fsp3) is 0.350. The highest BCUT2D eigenvalue weighted by molar-refractivity contribution is 5.98. The molecule has 2 heterocycles. The summed E-state index contributed by atoms with van der Waals surface area (Å²) in [5.74, 6) is -0.0740. The van der Waals surface area contributed by atoms with Gasteiger partial charge in [-0.1, -0.05) is 0 Å².